The molecule has 8 heteroatoms. The predicted octanol–water partition coefficient (Wildman–Crippen LogP) is 2.55. The van der Waals surface area contributed by atoms with Gasteiger partial charge in [0.2, 0.25) is 17.7 Å². The molecule has 0 bridgehead atoms. The summed E-state index contributed by atoms with van der Waals surface area (Å²) >= 11 is 6.07. The van der Waals surface area contributed by atoms with Gasteiger partial charge in [0.15, 0.2) is 0 Å². The monoisotopic (exact) mass is 415 g/mol. The fraction of sp³-hybridized carbons (Fsp3) is 0.286. The van der Waals surface area contributed by atoms with E-state index in [4.69, 9.17) is 16.3 Å². The van der Waals surface area contributed by atoms with E-state index in [2.05, 4.69) is 5.32 Å². The van der Waals surface area contributed by atoms with Crippen LogP contribution in [0, 0.1) is 0 Å². The molecule has 0 saturated carbocycles. The van der Waals surface area contributed by atoms with Crippen LogP contribution < -0.4 is 10.1 Å². The van der Waals surface area contributed by atoms with Gasteiger partial charge in [-0.25, -0.2) is 0 Å². The van der Waals surface area contributed by atoms with Crippen molar-refractivity contribution in [1.29, 1.82) is 0 Å². The number of ether oxygens (including phenoxy) is 1. The van der Waals surface area contributed by atoms with Crippen LogP contribution in [0.1, 0.15) is 12.0 Å². The second kappa shape index (κ2) is 9.07. The molecule has 152 valence electrons. The molecule has 1 atom stereocenters. The first kappa shape index (κ1) is 20.8. The second-order valence-corrected chi connectivity index (χ2v) is 7.24. The number of rotatable bonds is 7. The van der Waals surface area contributed by atoms with Crippen molar-refractivity contribution in [2.75, 3.05) is 26.0 Å². The molecule has 1 aliphatic rings. The van der Waals surface area contributed by atoms with Crippen molar-refractivity contribution in [2.24, 2.45) is 0 Å². The van der Waals surface area contributed by atoms with Crippen LogP contribution in [0.15, 0.2) is 48.5 Å². The van der Waals surface area contributed by atoms with Crippen LogP contribution in [0.25, 0.3) is 0 Å². The summed E-state index contributed by atoms with van der Waals surface area (Å²) in [5, 5.41) is 3.12. The van der Waals surface area contributed by atoms with E-state index < -0.39 is 6.04 Å². The third-order valence-corrected chi connectivity index (χ3v) is 5.06. The summed E-state index contributed by atoms with van der Waals surface area (Å²) in [5.41, 5.74) is 1.40. The topological polar surface area (TPSA) is 79.0 Å². The molecule has 1 aliphatic heterocycles. The number of anilines is 1. The fourth-order valence-electron chi connectivity index (χ4n) is 3.22. The third-order valence-electron chi connectivity index (χ3n) is 4.76. The summed E-state index contributed by atoms with van der Waals surface area (Å²) in [6.07, 6.45) is 0.0593. The average molecular weight is 416 g/mol. The standard InChI is InChI=1S/C21H22ClN3O4/c1-24(13-19(26)23-15-8-9-18(29-2)16(22)10-15)17-11-20(27)25(21(17)28)12-14-6-4-3-5-7-14/h3-10,17H,11-13H2,1-2H3,(H,23,26)/t17-/m0/s1. The highest BCUT2D eigenvalue weighted by atomic mass is 35.5. The number of carbonyl (C=O) groups excluding carboxylic acids is 3. The van der Waals surface area contributed by atoms with Crippen molar-refractivity contribution >= 4 is 35.0 Å². The minimum atomic E-state index is -0.656. The van der Waals surface area contributed by atoms with Gasteiger partial charge < -0.3 is 10.1 Å². The highest BCUT2D eigenvalue weighted by Crippen LogP contribution is 2.27. The number of nitrogens with zero attached hydrogens (tertiary/aromatic N) is 2. The number of benzene rings is 2. The molecule has 3 rings (SSSR count). The zero-order valence-electron chi connectivity index (χ0n) is 16.2. The van der Waals surface area contributed by atoms with Gasteiger partial charge in [-0.1, -0.05) is 41.9 Å². The normalized spacial score (nSPS) is 16.4. The molecule has 0 aliphatic carbocycles. The number of amides is 3. The Morgan fingerprint density at radius 1 is 1.24 bits per heavy atom. The Morgan fingerprint density at radius 2 is 1.97 bits per heavy atom. The van der Waals surface area contributed by atoms with E-state index in [1.807, 2.05) is 30.3 Å². The molecule has 29 heavy (non-hydrogen) atoms. The molecule has 0 unspecified atom stereocenters. The lowest BCUT2D eigenvalue weighted by atomic mass is 10.2. The maximum Gasteiger partial charge on any atom is 0.247 e. The lowest BCUT2D eigenvalue weighted by molar-refractivity contribution is -0.140. The van der Waals surface area contributed by atoms with Crippen molar-refractivity contribution in [3.63, 3.8) is 0 Å². The van der Waals surface area contributed by atoms with E-state index in [-0.39, 0.29) is 37.2 Å². The van der Waals surface area contributed by atoms with Crippen molar-refractivity contribution < 1.29 is 19.1 Å². The van der Waals surface area contributed by atoms with Crippen molar-refractivity contribution in [3.05, 3.63) is 59.1 Å². The van der Waals surface area contributed by atoms with Crippen molar-refractivity contribution in [1.82, 2.24) is 9.80 Å². The lowest BCUT2D eigenvalue weighted by Gasteiger charge is -2.22. The summed E-state index contributed by atoms with van der Waals surface area (Å²) in [6, 6.07) is 13.6. The fourth-order valence-corrected chi connectivity index (χ4v) is 3.48. The number of likely N-dealkylation sites (N-methyl/N-ethyl adjacent to an activating group) is 1. The molecule has 1 fully saturated rings. The summed E-state index contributed by atoms with van der Waals surface area (Å²) < 4.78 is 5.08. The van der Waals surface area contributed by atoms with Gasteiger partial charge in [0.1, 0.15) is 5.75 Å². The quantitative estimate of drug-likeness (QED) is 0.703. The smallest absolute Gasteiger partial charge is 0.247 e. The van der Waals surface area contributed by atoms with Crippen molar-refractivity contribution in [2.45, 2.75) is 19.0 Å². The van der Waals surface area contributed by atoms with E-state index >= 15 is 0 Å². The van der Waals surface area contributed by atoms with Gasteiger partial charge >= 0.3 is 0 Å². The first-order chi connectivity index (χ1) is 13.9. The molecule has 1 heterocycles. The van der Waals surface area contributed by atoms with Crippen LogP contribution in [0.3, 0.4) is 0 Å². The summed E-state index contributed by atoms with van der Waals surface area (Å²) in [5.74, 6) is -0.328. The first-order valence-electron chi connectivity index (χ1n) is 9.11. The molecule has 0 radical (unpaired) electrons. The average Bonchev–Trinajstić information content (AvgIpc) is 2.97. The van der Waals surface area contributed by atoms with E-state index in [1.54, 1.807) is 30.1 Å². The Morgan fingerprint density at radius 3 is 2.62 bits per heavy atom. The molecule has 2 aromatic carbocycles. The van der Waals surface area contributed by atoms with Gasteiger partial charge in [-0.2, -0.15) is 0 Å². The maximum absolute atomic E-state index is 12.7. The number of hydrogen-bond donors (Lipinski definition) is 1. The molecule has 3 amide bonds. The van der Waals surface area contributed by atoms with E-state index in [0.717, 1.165) is 5.56 Å². The third kappa shape index (κ3) is 4.93. The number of carbonyl (C=O) groups is 3. The summed E-state index contributed by atoms with van der Waals surface area (Å²) in [6.45, 7) is 0.200. The summed E-state index contributed by atoms with van der Waals surface area (Å²) in [7, 11) is 3.16. The zero-order chi connectivity index (χ0) is 21.0. The van der Waals surface area contributed by atoms with E-state index in [1.165, 1.54) is 12.0 Å². The van der Waals surface area contributed by atoms with E-state index in [9.17, 15) is 14.4 Å². The number of hydrogen-bond acceptors (Lipinski definition) is 5. The molecule has 7 nitrogen and oxygen atoms in total. The minimum Gasteiger partial charge on any atom is -0.495 e. The Labute approximate surface area is 174 Å². The van der Waals surface area contributed by atoms with E-state index in [0.29, 0.717) is 16.5 Å². The second-order valence-electron chi connectivity index (χ2n) is 6.84. The van der Waals surface area contributed by atoms with Gasteiger partial charge in [-0.05, 0) is 30.8 Å². The van der Waals surface area contributed by atoms with Crippen LogP contribution >= 0.6 is 11.6 Å². The molecule has 1 N–H and O–H groups in total. The molecule has 0 aromatic heterocycles. The van der Waals surface area contributed by atoms with Gasteiger partial charge in [-0.3, -0.25) is 24.2 Å². The Hall–Kier alpha value is -2.90. The van der Waals surface area contributed by atoms with Gasteiger partial charge in [0, 0.05) is 5.69 Å². The molecular formula is C21H22ClN3O4. The number of imide groups is 1. The minimum absolute atomic E-state index is 0.0352. The van der Waals surface area contributed by atoms with Gasteiger partial charge in [0.25, 0.3) is 0 Å². The highest BCUT2D eigenvalue weighted by molar-refractivity contribution is 6.32. The molecule has 2 aromatic rings. The van der Waals surface area contributed by atoms with Crippen LogP contribution in [0.2, 0.25) is 5.02 Å². The number of methoxy groups -OCH3 is 1. The zero-order valence-corrected chi connectivity index (χ0v) is 17.0. The summed E-state index contributed by atoms with van der Waals surface area (Å²) in [4.78, 5) is 40.3. The van der Waals surface area contributed by atoms with Crippen LogP contribution in [-0.4, -0.2) is 54.3 Å². The van der Waals surface area contributed by atoms with Crippen molar-refractivity contribution in [3.8, 4) is 5.75 Å². The SMILES string of the molecule is COc1ccc(NC(=O)CN(C)[C@H]2CC(=O)N(Cc3ccccc3)C2=O)cc1Cl. The van der Waals surface area contributed by atoms with Gasteiger partial charge in [0.05, 0.1) is 37.7 Å². The Kier molecular flexibility index (Phi) is 6.51. The first-order valence-corrected chi connectivity index (χ1v) is 9.48. The molecule has 1 saturated heterocycles. The van der Waals surface area contributed by atoms with Crippen LogP contribution in [0.4, 0.5) is 5.69 Å². The largest absolute Gasteiger partial charge is 0.495 e. The Balaban J connectivity index is 1.59. The molecule has 0 spiro atoms. The van der Waals surface area contributed by atoms with Gasteiger partial charge in [-0.15, -0.1) is 0 Å². The van der Waals surface area contributed by atoms with Crippen LogP contribution in [-0.2, 0) is 20.9 Å². The number of likely N-dealkylation sites (tertiary alicyclic amines) is 1. The number of halogens is 1. The highest BCUT2D eigenvalue weighted by Gasteiger charge is 2.41. The lowest BCUT2D eigenvalue weighted by Crippen LogP contribution is -2.43. The molecular weight excluding hydrogens is 394 g/mol. The van der Waals surface area contributed by atoms with Crippen LogP contribution in [0.5, 0.6) is 5.75 Å². The number of nitrogens with one attached hydrogen (secondary N) is 1. The Bertz CT molecular complexity index is 919. The predicted molar refractivity (Wildman–Crippen MR) is 110 cm³/mol. The maximum atomic E-state index is 12.7.